The Labute approximate surface area is 79.6 Å². The predicted octanol–water partition coefficient (Wildman–Crippen LogP) is 1.30. The number of hydrogen-bond donors (Lipinski definition) is 1. The largest absolute Gasteiger partial charge is 0.360 e. The summed E-state index contributed by atoms with van der Waals surface area (Å²) >= 11 is 0. The van der Waals surface area contributed by atoms with Crippen molar-refractivity contribution in [1.29, 1.82) is 0 Å². The summed E-state index contributed by atoms with van der Waals surface area (Å²) in [5.74, 6) is 1.04. The lowest BCUT2D eigenvalue weighted by Crippen LogP contribution is -2.18. The third-order valence-corrected chi connectivity index (χ3v) is 2.18. The van der Waals surface area contributed by atoms with Crippen molar-refractivity contribution in [2.24, 2.45) is 5.73 Å². The zero-order chi connectivity index (χ0) is 9.84. The van der Waals surface area contributed by atoms with E-state index in [4.69, 9.17) is 5.73 Å². The summed E-state index contributed by atoms with van der Waals surface area (Å²) in [5.41, 5.74) is 7.80. The third kappa shape index (κ3) is 2.18. The van der Waals surface area contributed by atoms with Gasteiger partial charge >= 0.3 is 0 Å². The Kier molecular flexibility index (Phi) is 3.25. The summed E-state index contributed by atoms with van der Waals surface area (Å²) in [6.45, 7) is 5.70. The molecule has 3 heteroatoms. The van der Waals surface area contributed by atoms with Crippen molar-refractivity contribution in [3.63, 3.8) is 0 Å². The maximum atomic E-state index is 5.52. The highest BCUT2D eigenvalue weighted by molar-refractivity contribution is 5.46. The Balaban J connectivity index is 2.98. The van der Waals surface area contributed by atoms with Gasteiger partial charge in [-0.25, -0.2) is 4.98 Å². The van der Waals surface area contributed by atoms with E-state index in [0.717, 1.165) is 17.9 Å². The molecule has 0 aliphatic rings. The fourth-order valence-corrected chi connectivity index (χ4v) is 1.29. The molecule has 1 aromatic rings. The molecular formula is C10H17N3. The molecule has 0 bridgehead atoms. The quantitative estimate of drug-likeness (QED) is 0.760. The molecule has 1 aromatic heterocycles. The van der Waals surface area contributed by atoms with Gasteiger partial charge in [-0.1, -0.05) is 0 Å². The highest BCUT2D eigenvalue weighted by Crippen LogP contribution is 2.15. The Hall–Kier alpha value is -1.09. The monoisotopic (exact) mass is 179 g/mol. The highest BCUT2D eigenvalue weighted by Gasteiger charge is 2.04. The molecule has 0 spiro atoms. The predicted molar refractivity (Wildman–Crippen MR) is 55.8 cm³/mol. The lowest BCUT2D eigenvalue weighted by atomic mass is 10.2. The SMILES string of the molecule is CCN(C)c1ncc(CN)cc1C. The molecule has 0 aliphatic heterocycles. The van der Waals surface area contributed by atoms with Crippen LogP contribution in [0.1, 0.15) is 18.1 Å². The molecule has 0 aliphatic carbocycles. The van der Waals surface area contributed by atoms with E-state index in [1.165, 1.54) is 5.56 Å². The normalized spacial score (nSPS) is 10.2. The van der Waals surface area contributed by atoms with Gasteiger partial charge < -0.3 is 10.6 Å². The molecule has 1 heterocycles. The summed E-state index contributed by atoms with van der Waals surface area (Å²) in [5, 5.41) is 0. The second-order valence-electron chi connectivity index (χ2n) is 3.20. The number of nitrogens with two attached hydrogens (primary N) is 1. The molecule has 13 heavy (non-hydrogen) atoms. The summed E-state index contributed by atoms with van der Waals surface area (Å²) < 4.78 is 0. The maximum absolute atomic E-state index is 5.52. The maximum Gasteiger partial charge on any atom is 0.131 e. The van der Waals surface area contributed by atoms with Gasteiger partial charge in [0, 0.05) is 26.3 Å². The Morgan fingerprint density at radius 3 is 2.69 bits per heavy atom. The smallest absolute Gasteiger partial charge is 0.131 e. The van der Waals surface area contributed by atoms with Crippen LogP contribution in [-0.4, -0.2) is 18.6 Å². The van der Waals surface area contributed by atoms with E-state index in [9.17, 15) is 0 Å². The van der Waals surface area contributed by atoms with Gasteiger partial charge in [-0.05, 0) is 31.0 Å². The van der Waals surface area contributed by atoms with Crippen LogP contribution >= 0.6 is 0 Å². The van der Waals surface area contributed by atoms with Crippen LogP contribution in [0.4, 0.5) is 5.82 Å². The molecule has 0 amide bonds. The molecule has 72 valence electrons. The third-order valence-electron chi connectivity index (χ3n) is 2.18. The average Bonchev–Trinajstić information content (AvgIpc) is 2.16. The van der Waals surface area contributed by atoms with E-state index in [-0.39, 0.29) is 0 Å². The van der Waals surface area contributed by atoms with Crippen molar-refractivity contribution in [1.82, 2.24) is 4.98 Å². The van der Waals surface area contributed by atoms with Crippen LogP contribution in [0.25, 0.3) is 0 Å². The van der Waals surface area contributed by atoms with E-state index in [0.29, 0.717) is 6.54 Å². The van der Waals surface area contributed by atoms with Gasteiger partial charge in [-0.15, -0.1) is 0 Å². The number of nitrogens with zero attached hydrogens (tertiary/aromatic N) is 2. The van der Waals surface area contributed by atoms with E-state index in [2.05, 4.69) is 29.8 Å². The Morgan fingerprint density at radius 1 is 1.54 bits per heavy atom. The van der Waals surface area contributed by atoms with Crippen LogP contribution in [0.3, 0.4) is 0 Å². The van der Waals surface area contributed by atoms with Gasteiger partial charge in [0.15, 0.2) is 0 Å². The van der Waals surface area contributed by atoms with Crippen molar-refractivity contribution in [2.75, 3.05) is 18.5 Å². The molecule has 2 N–H and O–H groups in total. The molecular weight excluding hydrogens is 162 g/mol. The average molecular weight is 179 g/mol. The minimum Gasteiger partial charge on any atom is -0.360 e. The van der Waals surface area contributed by atoms with Crippen LogP contribution in [-0.2, 0) is 6.54 Å². The summed E-state index contributed by atoms with van der Waals surface area (Å²) in [7, 11) is 2.04. The molecule has 1 rings (SSSR count). The number of hydrogen-bond acceptors (Lipinski definition) is 3. The number of pyridine rings is 1. The standard InChI is InChI=1S/C10H17N3/c1-4-13(3)10-8(2)5-9(6-11)7-12-10/h5,7H,4,6,11H2,1-3H3. The Morgan fingerprint density at radius 2 is 2.23 bits per heavy atom. The van der Waals surface area contributed by atoms with Gasteiger partial charge in [0.1, 0.15) is 5.82 Å². The van der Waals surface area contributed by atoms with E-state index < -0.39 is 0 Å². The zero-order valence-corrected chi connectivity index (χ0v) is 8.54. The van der Waals surface area contributed by atoms with Gasteiger partial charge in [0.05, 0.1) is 0 Å². The van der Waals surface area contributed by atoms with Crippen LogP contribution in [0.2, 0.25) is 0 Å². The number of aryl methyl sites for hydroxylation is 1. The summed E-state index contributed by atoms with van der Waals surface area (Å²) in [6.07, 6.45) is 1.84. The number of anilines is 1. The number of aromatic nitrogens is 1. The lowest BCUT2D eigenvalue weighted by molar-refractivity contribution is 0.920. The van der Waals surface area contributed by atoms with Crippen molar-refractivity contribution < 1.29 is 0 Å². The summed E-state index contributed by atoms with van der Waals surface area (Å²) in [4.78, 5) is 6.49. The molecule has 0 aromatic carbocycles. The molecule has 0 fully saturated rings. The van der Waals surface area contributed by atoms with Crippen molar-refractivity contribution in [2.45, 2.75) is 20.4 Å². The molecule has 0 saturated carbocycles. The molecule has 0 saturated heterocycles. The molecule has 0 radical (unpaired) electrons. The minimum atomic E-state index is 0.559. The van der Waals surface area contributed by atoms with Gasteiger partial charge in [0.25, 0.3) is 0 Å². The van der Waals surface area contributed by atoms with Gasteiger partial charge in [-0.2, -0.15) is 0 Å². The second kappa shape index (κ2) is 4.23. The zero-order valence-electron chi connectivity index (χ0n) is 8.54. The number of rotatable bonds is 3. The first-order valence-electron chi connectivity index (χ1n) is 4.55. The first-order chi connectivity index (χ1) is 6.19. The first kappa shape index (κ1) is 9.99. The fourth-order valence-electron chi connectivity index (χ4n) is 1.29. The Bertz CT molecular complexity index is 283. The van der Waals surface area contributed by atoms with Crippen molar-refractivity contribution >= 4 is 5.82 Å². The molecule has 0 unspecified atom stereocenters. The lowest BCUT2D eigenvalue weighted by Gasteiger charge is -2.18. The highest BCUT2D eigenvalue weighted by atomic mass is 15.2. The van der Waals surface area contributed by atoms with Crippen molar-refractivity contribution in [3.8, 4) is 0 Å². The minimum absolute atomic E-state index is 0.559. The van der Waals surface area contributed by atoms with Crippen LogP contribution in [0.5, 0.6) is 0 Å². The van der Waals surface area contributed by atoms with Gasteiger partial charge in [-0.3, -0.25) is 0 Å². The first-order valence-corrected chi connectivity index (χ1v) is 4.55. The van der Waals surface area contributed by atoms with Crippen molar-refractivity contribution in [3.05, 3.63) is 23.4 Å². The van der Waals surface area contributed by atoms with E-state index in [1.54, 1.807) is 0 Å². The van der Waals surface area contributed by atoms with Crippen LogP contribution in [0.15, 0.2) is 12.3 Å². The van der Waals surface area contributed by atoms with Gasteiger partial charge in [0.2, 0.25) is 0 Å². The van der Waals surface area contributed by atoms with Crippen LogP contribution < -0.4 is 10.6 Å². The second-order valence-corrected chi connectivity index (χ2v) is 3.20. The van der Waals surface area contributed by atoms with E-state index in [1.807, 2.05) is 13.2 Å². The van der Waals surface area contributed by atoms with Crippen LogP contribution in [0, 0.1) is 6.92 Å². The summed E-state index contributed by atoms with van der Waals surface area (Å²) in [6, 6.07) is 2.09. The molecule has 0 atom stereocenters. The van der Waals surface area contributed by atoms with E-state index >= 15 is 0 Å². The fraction of sp³-hybridized carbons (Fsp3) is 0.500. The molecule has 3 nitrogen and oxygen atoms in total. The topological polar surface area (TPSA) is 42.2 Å².